The number of oxazole rings is 1. The van der Waals surface area contributed by atoms with E-state index in [1.165, 1.54) is 0 Å². The summed E-state index contributed by atoms with van der Waals surface area (Å²) in [4.78, 5) is 15.7. The molecule has 6 nitrogen and oxygen atoms in total. The Labute approximate surface area is 113 Å². The third-order valence-electron chi connectivity index (χ3n) is 3.25. The third kappa shape index (κ3) is 4.90. The van der Waals surface area contributed by atoms with Crippen molar-refractivity contribution in [2.45, 2.75) is 46.8 Å². The number of aliphatic hydroxyl groups excluding tert-OH is 1. The molecule has 0 fully saturated rings. The molecular formula is C13H23N3O3. The number of hydrogen-bond acceptors (Lipinski definition) is 4. The van der Waals surface area contributed by atoms with E-state index < -0.39 is 6.10 Å². The fourth-order valence-electron chi connectivity index (χ4n) is 1.50. The normalized spacial score (nSPS) is 13.9. The number of rotatable bonds is 6. The Morgan fingerprint density at radius 2 is 2.11 bits per heavy atom. The molecule has 2 amide bonds. The number of nitrogens with zero attached hydrogens (tertiary/aromatic N) is 1. The first-order valence-corrected chi connectivity index (χ1v) is 6.56. The van der Waals surface area contributed by atoms with Crippen molar-refractivity contribution in [2.24, 2.45) is 5.92 Å². The van der Waals surface area contributed by atoms with Gasteiger partial charge in [-0.3, -0.25) is 0 Å². The van der Waals surface area contributed by atoms with Crippen LogP contribution in [0.2, 0.25) is 0 Å². The summed E-state index contributed by atoms with van der Waals surface area (Å²) in [6.07, 6.45) is 0.348. The number of carbonyl (C=O) groups is 1. The minimum atomic E-state index is -0.526. The summed E-state index contributed by atoms with van der Waals surface area (Å²) in [7, 11) is 0. The fraction of sp³-hybridized carbons (Fsp3) is 0.692. The van der Waals surface area contributed by atoms with Crippen LogP contribution in [0, 0.1) is 19.8 Å². The minimum absolute atomic E-state index is 0.164. The highest BCUT2D eigenvalue weighted by molar-refractivity contribution is 5.73. The van der Waals surface area contributed by atoms with Gasteiger partial charge < -0.3 is 20.2 Å². The lowest BCUT2D eigenvalue weighted by Crippen LogP contribution is -2.41. The van der Waals surface area contributed by atoms with Gasteiger partial charge in [0, 0.05) is 6.54 Å². The number of nitrogens with one attached hydrogen (secondary N) is 2. The zero-order chi connectivity index (χ0) is 14.4. The molecule has 0 aliphatic heterocycles. The molecule has 1 aromatic heterocycles. The van der Waals surface area contributed by atoms with Gasteiger partial charge in [-0.25, -0.2) is 9.78 Å². The molecule has 2 atom stereocenters. The summed E-state index contributed by atoms with van der Waals surface area (Å²) in [5, 5.41) is 15.0. The van der Waals surface area contributed by atoms with Crippen molar-refractivity contribution < 1.29 is 14.3 Å². The van der Waals surface area contributed by atoms with Gasteiger partial charge in [-0.05, 0) is 19.8 Å². The van der Waals surface area contributed by atoms with Crippen molar-refractivity contribution in [1.82, 2.24) is 15.6 Å². The summed E-state index contributed by atoms with van der Waals surface area (Å²) in [5.74, 6) is 1.40. The monoisotopic (exact) mass is 269 g/mol. The average molecular weight is 269 g/mol. The van der Waals surface area contributed by atoms with Crippen LogP contribution in [-0.4, -0.2) is 28.8 Å². The first kappa shape index (κ1) is 15.5. The lowest BCUT2D eigenvalue weighted by molar-refractivity contribution is 0.114. The summed E-state index contributed by atoms with van der Waals surface area (Å²) in [6.45, 7) is 8.10. The van der Waals surface area contributed by atoms with Crippen LogP contribution >= 0.6 is 0 Å². The third-order valence-corrected chi connectivity index (χ3v) is 3.25. The average Bonchev–Trinajstić information content (AvgIpc) is 2.71. The van der Waals surface area contributed by atoms with Crippen molar-refractivity contribution in [3.63, 3.8) is 0 Å². The summed E-state index contributed by atoms with van der Waals surface area (Å²) in [6, 6.07) is -0.337. The predicted molar refractivity (Wildman–Crippen MR) is 71.7 cm³/mol. The van der Waals surface area contributed by atoms with E-state index in [1.54, 1.807) is 0 Å². The largest absolute Gasteiger partial charge is 0.444 e. The Balaban J connectivity index is 2.28. The topological polar surface area (TPSA) is 87.4 Å². The first-order chi connectivity index (χ1) is 8.93. The van der Waals surface area contributed by atoms with Gasteiger partial charge in [-0.2, -0.15) is 0 Å². The van der Waals surface area contributed by atoms with Crippen LogP contribution in [0.25, 0.3) is 0 Å². The van der Waals surface area contributed by atoms with Crippen LogP contribution < -0.4 is 10.6 Å². The van der Waals surface area contributed by atoms with Gasteiger partial charge in [0.25, 0.3) is 0 Å². The van der Waals surface area contributed by atoms with Crippen LogP contribution in [0.3, 0.4) is 0 Å². The Kier molecular flexibility index (Phi) is 5.82. The van der Waals surface area contributed by atoms with E-state index in [0.29, 0.717) is 5.89 Å². The van der Waals surface area contributed by atoms with Crippen LogP contribution in [-0.2, 0) is 6.54 Å². The number of amides is 2. The minimum Gasteiger partial charge on any atom is -0.444 e. The Morgan fingerprint density at radius 3 is 2.63 bits per heavy atom. The molecule has 0 saturated carbocycles. The maximum atomic E-state index is 11.5. The van der Waals surface area contributed by atoms with E-state index >= 15 is 0 Å². The van der Waals surface area contributed by atoms with Gasteiger partial charge in [0.05, 0.1) is 18.3 Å². The lowest BCUT2D eigenvalue weighted by atomic mass is 10.0. The van der Waals surface area contributed by atoms with Crippen LogP contribution in [0.1, 0.15) is 37.6 Å². The zero-order valence-electron chi connectivity index (χ0n) is 12.0. The SMILES string of the molecule is CCC(C)C(O)CNC(=O)NCc1nc(C)c(C)o1. The Hall–Kier alpha value is -1.56. The van der Waals surface area contributed by atoms with Gasteiger partial charge in [0.15, 0.2) is 0 Å². The molecule has 0 aliphatic rings. The van der Waals surface area contributed by atoms with Crippen molar-refractivity contribution in [1.29, 1.82) is 0 Å². The van der Waals surface area contributed by atoms with E-state index in [1.807, 2.05) is 27.7 Å². The molecule has 108 valence electrons. The van der Waals surface area contributed by atoms with Crippen LogP contribution in [0.15, 0.2) is 4.42 Å². The molecule has 0 spiro atoms. The second-order valence-corrected chi connectivity index (χ2v) is 4.77. The summed E-state index contributed by atoms with van der Waals surface area (Å²) in [5.41, 5.74) is 0.824. The van der Waals surface area contributed by atoms with Gasteiger partial charge in [0.1, 0.15) is 5.76 Å². The second-order valence-electron chi connectivity index (χ2n) is 4.77. The molecule has 1 heterocycles. The molecule has 2 unspecified atom stereocenters. The van der Waals surface area contributed by atoms with Crippen molar-refractivity contribution in [2.75, 3.05) is 6.54 Å². The molecule has 19 heavy (non-hydrogen) atoms. The summed E-state index contributed by atoms with van der Waals surface area (Å²) < 4.78 is 5.34. The van der Waals surface area contributed by atoms with Crippen molar-refractivity contribution >= 4 is 6.03 Å². The predicted octanol–water partition coefficient (Wildman–Crippen LogP) is 1.50. The first-order valence-electron chi connectivity index (χ1n) is 6.56. The highest BCUT2D eigenvalue weighted by Gasteiger charge is 2.13. The van der Waals surface area contributed by atoms with E-state index in [0.717, 1.165) is 17.9 Å². The van der Waals surface area contributed by atoms with E-state index in [4.69, 9.17) is 4.42 Å². The van der Waals surface area contributed by atoms with Crippen molar-refractivity contribution in [3.05, 3.63) is 17.3 Å². The fourth-order valence-corrected chi connectivity index (χ4v) is 1.50. The maximum absolute atomic E-state index is 11.5. The smallest absolute Gasteiger partial charge is 0.315 e. The molecular weight excluding hydrogens is 246 g/mol. The van der Waals surface area contributed by atoms with Gasteiger partial charge in [0.2, 0.25) is 5.89 Å². The standard InChI is InChI=1S/C13H23N3O3/c1-5-8(2)11(17)6-14-13(18)15-7-12-16-9(3)10(4)19-12/h8,11,17H,5-7H2,1-4H3,(H2,14,15,18). The quantitative estimate of drug-likeness (QED) is 0.730. The number of hydrogen-bond donors (Lipinski definition) is 3. The van der Waals surface area contributed by atoms with Crippen molar-refractivity contribution in [3.8, 4) is 0 Å². The molecule has 0 bridgehead atoms. The molecule has 0 aliphatic carbocycles. The number of aryl methyl sites for hydroxylation is 2. The second kappa shape index (κ2) is 7.13. The Bertz CT molecular complexity index is 398. The highest BCUT2D eigenvalue weighted by atomic mass is 16.4. The van der Waals surface area contributed by atoms with E-state index in [2.05, 4.69) is 15.6 Å². The Morgan fingerprint density at radius 1 is 1.42 bits per heavy atom. The molecule has 0 saturated heterocycles. The molecule has 1 aromatic rings. The van der Waals surface area contributed by atoms with Gasteiger partial charge in [-0.15, -0.1) is 0 Å². The van der Waals surface area contributed by atoms with E-state index in [9.17, 15) is 9.90 Å². The maximum Gasteiger partial charge on any atom is 0.315 e. The molecule has 6 heteroatoms. The number of aromatic nitrogens is 1. The lowest BCUT2D eigenvalue weighted by Gasteiger charge is -2.17. The number of aliphatic hydroxyl groups is 1. The van der Waals surface area contributed by atoms with Crippen LogP contribution in [0.5, 0.6) is 0 Å². The van der Waals surface area contributed by atoms with Gasteiger partial charge >= 0.3 is 6.03 Å². The highest BCUT2D eigenvalue weighted by Crippen LogP contribution is 2.08. The molecule has 3 N–H and O–H groups in total. The number of urea groups is 1. The van der Waals surface area contributed by atoms with Crippen LogP contribution in [0.4, 0.5) is 4.79 Å². The molecule has 0 radical (unpaired) electrons. The van der Waals surface area contributed by atoms with E-state index in [-0.39, 0.29) is 25.0 Å². The molecule has 0 aromatic carbocycles. The zero-order valence-corrected chi connectivity index (χ0v) is 12.0. The number of carbonyl (C=O) groups excluding carboxylic acids is 1. The molecule has 1 rings (SSSR count). The van der Waals surface area contributed by atoms with Gasteiger partial charge in [-0.1, -0.05) is 20.3 Å². The summed E-state index contributed by atoms with van der Waals surface area (Å²) >= 11 is 0.